The van der Waals surface area contributed by atoms with Crippen molar-refractivity contribution in [2.45, 2.75) is 32.2 Å². The normalized spacial score (nSPS) is 18.1. The highest BCUT2D eigenvalue weighted by Crippen LogP contribution is 2.18. The molecular formula is C21H33N5O2. The number of carbonyl (C=O) groups excluding carboxylic acids is 1. The first-order valence-electron chi connectivity index (χ1n) is 10.3. The fraction of sp³-hybridized carbons (Fsp3) is 0.619. The van der Waals surface area contributed by atoms with Gasteiger partial charge in [-0.1, -0.05) is 18.2 Å². The van der Waals surface area contributed by atoms with Crippen LogP contribution in [0.1, 0.15) is 24.8 Å². The van der Waals surface area contributed by atoms with Gasteiger partial charge in [0.15, 0.2) is 5.96 Å². The number of rotatable bonds is 8. The minimum absolute atomic E-state index is 0.159. The molecule has 7 nitrogen and oxygen atoms in total. The lowest BCUT2D eigenvalue weighted by Gasteiger charge is -2.36. The van der Waals surface area contributed by atoms with Crippen molar-refractivity contribution in [2.24, 2.45) is 4.99 Å². The second-order valence-corrected chi connectivity index (χ2v) is 7.55. The number of nitrogens with one attached hydrogen (secondary N) is 2. The molecule has 0 radical (unpaired) electrons. The van der Waals surface area contributed by atoms with Gasteiger partial charge in [0.1, 0.15) is 5.75 Å². The molecular weight excluding hydrogens is 354 g/mol. The zero-order valence-corrected chi connectivity index (χ0v) is 17.1. The maximum absolute atomic E-state index is 11.9. The maximum Gasteiger partial charge on any atom is 0.234 e. The monoisotopic (exact) mass is 387 g/mol. The van der Waals surface area contributed by atoms with Gasteiger partial charge in [-0.2, -0.15) is 0 Å². The largest absolute Gasteiger partial charge is 0.493 e. The second-order valence-electron chi connectivity index (χ2n) is 7.55. The number of aryl methyl sites for hydroxylation is 1. The van der Waals surface area contributed by atoms with E-state index in [0.717, 1.165) is 69.3 Å². The van der Waals surface area contributed by atoms with Gasteiger partial charge in [-0.05, 0) is 37.8 Å². The van der Waals surface area contributed by atoms with E-state index in [4.69, 9.17) is 4.74 Å². The number of carbonyl (C=O) groups is 1. The summed E-state index contributed by atoms with van der Waals surface area (Å²) >= 11 is 0. The molecule has 2 N–H and O–H groups in total. The number of amides is 1. The van der Waals surface area contributed by atoms with Crippen LogP contribution in [0.2, 0.25) is 0 Å². The van der Waals surface area contributed by atoms with Crippen LogP contribution in [0, 0.1) is 6.92 Å². The number of benzene rings is 1. The smallest absolute Gasteiger partial charge is 0.234 e. The average Bonchev–Trinajstić information content (AvgIpc) is 3.51. The van der Waals surface area contributed by atoms with E-state index in [9.17, 15) is 4.79 Å². The van der Waals surface area contributed by atoms with Crippen LogP contribution in [-0.2, 0) is 4.79 Å². The van der Waals surface area contributed by atoms with Crippen molar-refractivity contribution in [3.05, 3.63) is 29.8 Å². The third-order valence-electron chi connectivity index (χ3n) is 5.15. The molecule has 2 fully saturated rings. The molecule has 154 valence electrons. The summed E-state index contributed by atoms with van der Waals surface area (Å²) in [4.78, 5) is 20.8. The number of piperazine rings is 1. The van der Waals surface area contributed by atoms with E-state index in [1.165, 1.54) is 0 Å². The van der Waals surface area contributed by atoms with Crippen molar-refractivity contribution in [1.29, 1.82) is 0 Å². The summed E-state index contributed by atoms with van der Waals surface area (Å²) in [6, 6.07) is 8.52. The molecule has 1 amide bonds. The number of nitrogens with zero attached hydrogens (tertiary/aromatic N) is 3. The van der Waals surface area contributed by atoms with Crippen LogP contribution in [0.3, 0.4) is 0 Å². The van der Waals surface area contributed by atoms with Crippen LogP contribution in [-0.4, -0.2) is 80.6 Å². The highest BCUT2D eigenvalue weighted by molar-refractivity contribution is 5.80. The Labute approximate surface area is 168 Å². The van der Waals surface area contributed by atoms with Crippen molar-refractivity contribution < 1.29 is 9.53 Å². The second kappa shape index (κ2) is 10.3. The summed E-state index contributed by atoms with van der Waals surface area (Å²) in [5.41, 5.74) is 1.16. The Bertz CT molecular complexity index is 667. The summed E-state index contributed by atoms with van der Waals surface area (Å²) in [6.45, 7) is 7.61. The topological polar surface area (TPSA) is 69.2 Å². The molecule has 1 aromatic rings. The Morgan fingerprint density at radius 1 is 1.21 bits per heavy atom. The van der Waals surface area contributed by atoms with Gasteiger partial charge in [0.05, 0.1) is 13.2 Å². The number of hydrogen-bond acceptors (Lipinski definition) is 4. The SMILES string of the molecule is CN=C(NCCCOc1ccccc1C)N1CCN(CC(=O)NC2CC2)CC1. The first-order chi connectivity index (χ1) is 13.7. The third kappa shape index (κ3) is 6.41. The Balaban J connectivity index is 1.31. The third-order valence-corrected chi connectivity index (χ3v) is 5.15. The molecule has 1 saturated heterocycles. The molecule has 3 rings (SSSR count). The molecule has 0 aromatic heterocycles. The number of aliphatic imine (C=N–C) groups is 1. The van der Waals surface area contributed by atoms with Gasteiger partial charge in [0.25, 0.3) is 0 Å². The van der Waals surface area contributed by atoms with Gasteiger partial charge in [0, 0.05) is 45.8 Å². The number of ether oxygens (including phenoxy) is 1. The van der Waals surface area contributed by atoms with Crippen molar-refractivity contribution in [3.63, 3.8) is 0 Å². The van der Waals surface area contributed by atoms with Crippen LogP contribution in [0.4, 0.5) is 0 Å². The van der Waals surface area contributed by atoms with E-state index < -0.39 is 0 Å². The number of hydrogen-bond donors (Lipinski definition) is 2. The lowest BCUT2D eigenvalue weighted by Crippen LogP contribution is -2.54. The summed E-state index contributed by atoms with van der Waals surface area (Å²) < 4.78 is 5.84. The molecule has 1 aliphatic heterocycles. The van der Waals surface area contributed by atoms with Crippen LogP contribution >= 0.6 is 0 Å². The van der Waals surface area contributed by atoms with Gasteiger partial charge in [-0.25, -0.2) is 0 Å². The lowest BCUT2D eigenvalue weighted by atomic mass is 10.2. The average molecular weight is 388 g/mol. The fourth-order valence-electron chi connectivity index (χ4n) is 3.33. The van der Waals surface area contributed by atoms with Crippen molar-refractivity contribution >= 4 is 11.9 Å². The van der Waals surface area contributed by atoms with Crippen LogP contribution in [0.15, 0.2) is 29.3 Å². The molecule has 0 bridgehead atoms. The molecule has 28 heavy (non-hydrogen) atoms. The van der Waals surface area contributed by atoms with E-state index in [0.29, 0.717) is 19.2 Å². The van der Waals surface area contributed by atoms with E-state index in [2.05, 4.69) is 38.4 Å². The number of para-hydroxylation sites is 1. The molecule has 1 aliphatic carbocycles. The lowest BCUT2D eigenvalue weighted by molar-refractivity contribution is -0.122. The molecule has 2 aliphatic rings. The summed E-state index contributed by atoms with van der Waals surface area (Å²) in [5, 5.41) is 6.49. The zero-order chi connectivity index (χ0) is 19.8. The molecule has 1 saturated carbocycles. The molecule has 7 heteroatoms. The van der Waals surface area contributed by atoms with E-state index >= 15 is 0 Å². The fourth-order valence-corrected chi connectivity index (χ4v) is 3.33. The zero-order valence-electron chi connectivity index (χ0n) is 17.1. The standard InChI is InChI=1S/C21H33N5O2/c1-17-6-3-4-7-19(17)28-15-5-10-23-21(22-2)26-13-11-25(12-14-26)16-20(27)24-18-8-9-18/h3-4,6-7,18H,5,8-16H2,1-2H3,(H,22,23)(H,24,27). The van der Waals surface area contributed by atoms with Gasteiger partial charge in [0.2, 0.25) is 5.91 Å². The molecule has 0 atom stereocenters. The van der Waals surface area contributed by atoms with E-state index in [1.54, 1.807) is 0 Å². The highest BCUT2D eigenvalue weighted by atomic mass is 16.5. The van der Waals surface area contributed by atoms with Crippen molar-refractivity contribution in [1.82, 2.24) is 20.4 Å². The van der Waals surface area contributed by atoms with E-state index in [-0.39, 0.29) is 5.91 Å². The summed E-state index contributed by atoms with van der Waals surface area (Å²) in [7, 11) is 1.82. The predicted octanol–water partition coefficient (Wildman–Crippen LogP) is 1.24. The maximum atomic E-state index is 11.9. The number of guanidine groups is 1. The summed E-state index contributed by atoms with van der Waals surface area (Å²) in [6.07, 6.45) is 3.18. The van der Waals surface area contributed by atoms with Gasteiger partial charge >= 0.3 is 0 Å². The van der Waals surface area contributed by atoms with Crippen molar-refractivity contribution in [3.8, 4) is 5.75 Å². The molecule has 0 unspecified atom stereocenters. The van der Waals surface area contributed by atoms with Crippen LogP contribution in [0.5, 0.6) is 5.75 Å². The van der Waals surface area contributed by atoms with Gasteiger partial charge in [-0.15, -0.1) is 0 Å². The van der Waals surface area contributed by atoms with Crippen LogP contribution in [0.25, 0.3) is 0 Å². The Kier molecular flexibility index (Phi) is 7.54. The van der Waals surface area contributed by atoms with Gasteiger partial charge in [-0.3, -0.25) is 14.7 Å². The Morgan fingerprint density at radius 2 is 1.96 bits per heavy atom. The molecule has 1 aromatic carbocycles. The first kappa shape index (κ1) is 20.5. The first-order valence-corrected chi connectivity index (χ1v) is 10.3. The van der Waals surface area contributed by atoms with Crippen molar-refractivity contribution in [2.75, 3.05) is 52.9 Å². The Hall–Kier alpha value is -2.28. The van der Waals surface area contributed by atoms with E-state index in [1.807, 2.05) is 25.2 Å². The quantitative estimate of drug-likeness (QED) is 0.399. The predicted molar refractivity (Wildman–Crippen MR) is 112 cm³/mol. The minimum Gasteiger partial charge on any atom is -0.493 e. The summed E-state index contributed by atoms with van der Waals surface area (Å²) in [5.74, 6) is 2.04. The Morgan fingerprint density at radius 3 is 2.64 bits per heavy atom. The van der Waals surface area contributed by atoms with Gasteiger partial charge < -0.3 is 20.3 Å². The molecule has 1 heterocycles. The molecule has 0 spiro atoms. The minimum atomic E-state index is 0.159. The highest BCUT2D eigenvalue weighted by Gasteiger charge is 2.25. The van der Waals surface area contributed by atoms with Crippen LogP contribution < -0.4 is 15.4 Å².